The number of amides is 1. The van der Waals surface area contributed by atoms with Gasteiger partial charge in [0, 0.05) is 42.7 Å². The van der Waals surface area contributed by atoms with Gasteiger partial charge in [-0.25, -0.2) is 0 Å². The van der Waals surface area contributed by atoms with E-state index in [9.17, 15) is 4.79 Å². The third-order valence-electron chi connectivity index (χ3n) is 7.78. The number of nitrogens with zero attached hydrogens (tertiary/aromatic N) is 4. The zero-order chi connectivity index (χ0) is 27.1. The highest BCUT2D eigenvalue weighted by atomic mass is 16.2. The Hall–Kier alpha value is -4.30. The lowest BCUT2D eigenvalue weighted by molar-refractivity contribution is -0.126. The van der Waals surface area contributed by atoms with E-state index in [1.807, 2.05) is 48.8 Å². The Labute approximate surface area is 234 Å². The fourth-order valence-corrected chi connectivity index (χ4v) is 5.61. The average molecular weight is 534 g/mol. The number of para-hydroxylation sites is 1. The Morgan fingerprint density at radius 3 is 2.67 bits per heavy atom. The van der Waals surface area contributed by atoms with Gasteiger partial charge >= 0.3 is 0 Å². The highest BCUT2D eigenvalue weighted by molar-refractivity contribution is 5.83. The molecule has 4 heterocycles. The van der Waals surface area contributed by atoms with Crippen LogP contribution in [0.1, 0.15) is 47.4 Å². The third-order valence-corrected chi connectivity index (χ3v) is 7.78. The molecule has 3 aromatic heterocycles. The molecular weight excluding hydrogens is 498 g/mol. The molecular formula is C32H35N7O. The number of benzene rings is 2. The van der Waals surface area contributed by atoms with Crippen LogP contribution in [-0.2, 0) is 30.6 Å². The summed E-state index contributed by atoms with van der Waals surface area (Å²) in [5.41, 5.74) is 4.40. The van der Waals surface area contributed by atoms with Crippen molar-refractivity contribution >= 4 is 16.8 Å². The average Bonchev–Trinajstić information content (AvgIpc) is 3.61. The van der Waals surface area contributed by atoms with Gasteiger partial charge in [-0.05, 0) is 55.1 Å². The Morgan fingerprint density at radius 2 is 1.85 bits per heavy atom. The van der Waals surface area contributed by atoms with Crippen LogP contribution in [0.4, 0.5) is 0 Å². The van der Waals surface area contributed by atoms with E-state index in [1.54, 1.807) is 0 Å². The van der Waals surface area contributed by atoms with Gasteiger partial charge in [0.25, 0.3) is 0 Å². The van der Waals surface area contributed by atoms with Crippen molar-refractivity contribution in [2.75, 3.05) is 13.1 Å². The van der Waals surface area contributed by atoms with Gasteiger partial charge in [-0.1, -0.05) is 54.6 Å². The van der Waals surface area contributed by atoms with Gasteiger partial charge in [0.1, 0.15) is 5.82 Å². The molecule has 5 aromatic rings. The van der Waals surface area contributed by atoms with Crippen LogP contribution in [0.2, 0.25) is 0 Å². The first kappa shape index (κ1) is 26.0. The number of piperidine rings is 1. The van der Waals surface area contributed by atoms with Crippen molar-refractivity contribution in [2.45, 2.75) is 44.7 Å². The van der Waals surface area contributed by atoms with Crippen molar-refractivity contribution in [1.82, 2.24) is 35.4 Å². The predicted molar refractivity (Wildman–Crippen MR) is 156 cm³/mol. The number of H-pyrrole nitrogens is 1. The lowest BCUT2D eigenvalue weighted by Gasteiger charge is -2.26. The molecule has 0 bridgehead atoms. The molecule has 1 aliphatic rings. The third kappa shape index (κ3) is 5.97. The molecule has 1 fully saturated rings. The number of carbonyl (C=O) groups is 1. The van der Waals surface area contributed by atoms with E-state index >= 15 is 0 Å². The summed E-state index contributed by atoms with van der Waals surface area (Å²) >= 11 is 0. The van der Waals surface area contributed by atoms with Crippen molar-refractivity contribution < 1.29 is 4.79 Å². The number of hydrogen-bond acceptors (Lipinski definition) is 5. The number of pyridine rings is 1. The van der Waals surface area contributed by atoms with E-state index in [0.29, 0.717) is 19.5 Å². The van der Waals surface area contributed by atoms with E-state index in [4.69, 9.17) is 5.10 Å². The van der Waals surface area contributed by atoms with Crippen molar-refractivity contribution in [3.8, 4) is 0 Å². The van der Waals surface area contributed by atoms with E-state index in [0.717, 1.165) is 66.0 Å². The van der Waals surface area contributed by atoms with Crippen molar-refractivity contribution in [3.05, 3.63) is 114 Å². The van der Waals surface area contributed by atoms with Crippen molar-refractivity contribution in [2.24, 2.45) is 5.92 Å². The molecule has 1 amide bonds. The van der Waals surface area contributed by atoms with Gasteiger partial charge in [0.15, 0.2) is 5.82 Å². The van der Waals surface area contributed by atoms with Crippen LogP contribution in [0.3, 0.4) is 0 Å². The first-order valence-electron chi connectivity index (χ1n) is 14.2. The van der Waals surface area contributed by atoms with Gasteiger partial charge in [-0.15, -0.1) is 10.2 Å². The summed E-state index contributed by atoms with van der Waals surface area (Å²) in [5, 5.41) is 17.3. The lowest BCUT2D eigenvalue weighted by atomic mass is 9.97. The van der Waals surface area contributed by atoms with E-state index < -0.39 is 0 Å². The van der Waals surface area contributed by atoms with Crippen LogP contribution < -0.4 is 10.6 Å². The molecule has 40 heavy (non-hydrogen) atoms. The van der Waals surface area contributed by atoms with Gasteiger partial charge in [-0.2, -0.15) is 0 Å². The zero-order valence-corrected chi connectivity index (χ0v) is 22.6. The van der Waals surface area contributed by atoms with Crippen LogP contribution >= 0.6 is 0 Å². The first-order chi connectivity index (χ1) is 19.7. The molecule has 8 heteroatoms. The number of aromatic nitrogens is 5. The van der Waals surface area contributed by atoms with Crippen LogP contribution in [0.5, 0.6) is 0 Å². The molecule has 0 spiro atoms. The first-order valence-corrected chi connectivity index (χ1v) is 14.2. The van der Waals surface area contributed by atoms with E-state index in [1.165, 1.54) is 5.56 Å². The van der Waals surface area contributed by atoms with Crippen molar-refractivity contribution in [3.63, 3.8) is 0 Å². The zero-order valence-electron chi connectivity index (χ0n) is 22.6. The fraction of sp³-hybridized carbons (Fsp3) is 0.312. The molecule has 1 saturated heterocycles. The minimum Gasteiger partial charge on any atom is -0.361 e. The maximum atomic E-state index is 13.5. The SMILES string of the molecule is O=C(NC(Cc1c[nH]c2ccccc12)c1nnc(CCc2ccccc2)n1Cc1ccccn1)[C@@H]1CCCNC1. The second-order valence-corrected chi connectivity index (χ2v) is 10.5. The standard InChI is InChI=1S/C32H35N7O/c40-32(24-11-8-17-33-20-24)36-29(19-25-21-35-28-14-5-4-13-27(25)28)31-38-37-30(16-15-23-9-2-1-3-10-23)39(31)22-26-12-6-7-18-34-26/h1-7,9-10,12-14,18,21,24,29,33,35H,8,11,15-17,19-20,22H2,(H,36,40)/t24-,29?/m1/s1. The number of fused-ring (bicyclic) bond motifs is 1. The molecule has 2 aromatic carbocycles. The number of aryl methyl sites for hydroxylation is 2. The number of nitrogens with one attached hydrogen (secondary N) is 3. The summed E-state index contributed by atoms with van der Waals surface area (Å²) in [6.07, 6.45) is 7.95. The second-order valence-electron chi connectivity index (χ2n) is 10.5. The van der Waals surface area contributed by atoms with E-state index in [2.05, 4.69) is 66.7 Å². The number of aromatic amines is 1. The molecule has 0 saturated carbocycles. The smallest absolute Gasteiger partial charge is 0.224 e. The second kappa shape index (κ2) is 12.3. The maximum Gasteiger partial charge on any atom is 0.224 e. The quantitative estimate of drug-likeness (QED) is 0.247. The number of carbonyl (C=O) groups excluding carboxylic acids is 1. The summed E-state index contributed by atoms with van der Waals surface area (Å²) < 4.78 is 2.16. The van der Waals surface area contributed by atoms with Gasteiger partial charge in [-0.3, -0.25) is 9.78 Å². The summed E-state index contributed by atoms with van der Waals surface area (Å²) in [6.45, 7) is 2.21. The fourth-order valence-electron chi connectivity index (χ4n) is 5.61. The molecule has 0 radical (unpaired) electrons. The Kier molecular flexibility index (Phi) is 7.95. The van der Waals surface area contributed by atoms with Crippen LogP contribution in [0.15, 0.2) is 85.2 Å². The largest absolute Gasteiger partial charge is 0.361 e. The Morgan fingerprint density at radius 1 is 1.00 bits per heavy atom. The maximum absolute atomic E-state index is 13.5. The minimum atomic E-state index is -0.338. The van der Waals surface area contributed by atoms with Crippen LogP contribution in [0, 0.1) is 5.92 Å². The Bertz CT molecular complexity index is 1540. The topological polar surface area (TPSA) is 101 Å². The molecule has 204 valence electrons. The highest BCUT2D eigenvalue weighted by Crippen LogP contribution is 2.26. The molecule has 3 N–H and O–H groups in total. The molecule has 8 nitrogen and oxygen atoms in total. The molecule has 0 aliphatic carbocycles. The summed E-state index contributed by atoms with van der Waals surface area (Å²) in [7, 11) is 0. The van der Waals surface area contributed by atoms with E-state index in [-0.39, 0.29) is 17.9 Å². The van der Waals surface area contributed by atoms with Crippen molar-refractivity contribution in [1.29, 1.82) is 0 Å². The monoisotopic (exact) mass is 533 g/mol. The van der Waals surface area contributed by atoms with Crippen LogP contribution in [-0.4, -0.2) is 43.7 Å². The molecule has 1 unspecified atom stereocenters. The van der Waals surface area contributed by atoms with Crippen LogP contribution in [0.25, 0.3) is 10.9 Å². The highest BCUT2D eigenvalue weighted by Gasteiger charge is 2.28. The predicted octanol–water partition coefficient (Wildman–Crippen LogP) is 4.39. The summed E-state index contributed by atoms with van der Waals surface area (Å²) in [6, 6.07) is 24.3. The normalized spacial score (nSPS) is 16.1. The molecule has 6 rings (SSSR count). The van der Waals surface area contributed by atoms with Gasteiger partial charge in [0.2, 0.25) is 5.91 Å². The van der Waals surface area contributed by atoms with Gasteiger partial charge in [0.05, 0.1) is 24.2 Å². The van der Waals surface area contributed by atoms with Gasteiger partial charge < -0.3 is 20.2 Å². The summed E-state index contributed by atoms with van der Waals surface area (Å²) in [4.78, 5) is 21.5. The molecule has 2 atom stereocenters. The Balaban J connectivity index is 1.35. The number of hydrogen-bond donors (Lipinski definition) is 3. The minimum absolute atomic E-state index is 0.0519. The molecule has 1 aliphatic heterocycles. The summed E-state index contributed by atoms with van der Waals surface area (Å²) in [5.74, 6) is 1.66. The lowest BCUT2D eigenvalue weighted by Crippen LogP contribution is -2.42. The number of rotatable bonds is 10.